The minimum atomic E-state index is -2.87. The van der Waals surface area contributed by atoms with Gasteiger partial charge in [0.25, 0.3) is 0 Å². The van der Waals surface area contributed by atoms with Gasteiger partial charge in [-0.3, -0.25) is 5.10 Å². The number of rotatable bonds is 2. The minimum Gasteiger partial charge on any atom is -0.390 e. The van der Waals surface area contributed by atoms with E-state index in [0.717, 1.165) is 0 Å². The van der Waals surface area contributed by atoms with Crippen LogP contribution in [0.2, 0.25) is 0 Å². The van der Waals surface area contributed by atoms with Crippen molar-refractivity contribution in [2.75, 3.05) is 0 Å². The van der Waals surface area contributed by atoms with Gasteiger partial charge < -0.3 is 10.2 Å². The fourth-order valence-electron chi connectivity index (χ4n) is 0.586. The zero-order chi connectivity index (χ0) is 11.1. The molecule has 0 saturated heterocycles. The van der Waals surface area contributed by atoms with Crippen LogP contribution in [0.25, 0.3) is 0 Å². The van der Waals surface area contributed by atoms with E-state index in [1.807, 2.05) is 0 Å². The third-order valence-corrected chi connectivity index (χ3v) is 1.17. The van der Waals surface area contributed by atoms with E-state index in [1.54, 1.807) is 0 Å². The van der Waals surface area contributed by atoms with Crippen molar-refractivity contribution in [3.63, 3.8) is 0 Å². The summed E-state index contributed by atoms with van der Waals surface area (Å²) < 4.78 is 8.70. The van der Waals surface area contributed by atoms with E-state index in [0.29, 0.717) is 0 Å². The number of aliphatic hydroxyl groups is 2. The van der Waals surface area contributed by atoms with Crippen LogP contribution in [0.4, 0.5) is 0 Å². The fraction of sp³-hybridized carbons (Fsp3) is 0.600. The van der Waals surface area contributed by atoms with Crippen LogP contribution in [0.3, 0.4) is 0 Å². The van der Waals surface area contributed by atoms with Crippen molar-refractivity contribution in [1.82, 2.24) is 15.2 Å². The molecule has 1 rings (SSSR count). The summed E-state index contributed by atoms with van der Waals surface area (Å²) in [6, 6.07) is 0. The molecule has 1 aromatic heterocycles. The van der Waals surface area contributed by atoms with Gasteiger partial charge in [-0.2, -0.15) is 5.10 Å². The summed E-state index contributed by atoms with van der Waals surface area (Å²) in [5.74, 6) is 0.287. The molecule has 0 aliphatic heterocycles. The van der Waals surface area contributed by atoms with E-state index in [4.69, 9.17) is 24.6 Å². The van der Waals surface area contributed by atoms with Crippen molar-refractivity contribution < 1.29 is 24.6 Å². The Balaban J connectivity index is 0.000000364. The lowest BCUT2D eigenvalue weighted by atomic mass is 10.2. The average Bonchev–Trinajstić information content (AvgIpc) is 2.53. The summed E-state index contributed by atoms with van der Waals surface area (Å²) in [6.07, 6.45) is -0.517. The molecule has 0 spiro atoms. The van der Waals surface area contributed by atoms with Crippen molar-refractivity contribution in [1.29, 1.82) is 0 Å². The minimum absolute atomic E-state index is 0.287. The van der Waals surface area contributed by atoms with Crippen molar-refractivity contribution >= 4 is 8.25 Å². The largest absolute Gasteiger partial charge is 0.692 e. The maximum absolute atomic E-state index is 9.10. The predicted molar refractivity (Wildman–Crippen MR) is 45.1 cm³/mol. The van der Waals surface area contributed by atoms with Gasteiger partial charge in [-0.15, -0.1) is 9.79 Å². The number of nitrogens with one attached hydrogen (secondary N) is 1. The lowest BCUT2D eigenvalue weighted by molar-refractivity contribution is 0.0251. The normalized spacial score (nSPS) is 13.8. The van der Waals surface area contributed by atoms with Crippen LogP contribution in [0.5, 0.6) is 0 Å². The number of aromatic nitrogens is 3. The summed E-state index contributed by atoms with van der Waals surface area (Å²) in [7, 11) is -2.87. The molecule has 80 valence electrons. The number of aliphatic hydroxyl groups excluding tert-OH is 2. The molecule has 0 bridgehead atoms. The van der Waals surface area contributed by atoms with Gasteiger partial charge in [-0.05, 0) is 6.92 Å². The SMILES string of the molecule is CC(O)C(O)c1ncn[nH]1.O=[P+](O)O. The van der Waals surface area contributed by atoms with E-state index in [2.05, 4.69) is 15.2 Å². The second kappa shape index (κ2) is 6.52. The molecule has 0 aliphatic carbocycles. The van der Waals surface area contributed by atoms with Gasteiger partial charge in [0.1, 0.15) is 12.4 Å². The van der Waals surface area contributed by atoms with Gasteiger partial charge >= 0.3 is 8.25 Å². The summed E-state index contributed by atoms with van der Waals surface area (Å²) >= 11 is 0. The van der Waals surface area contributed by atoms with Gasteiger partial charge in [-0.25, -0.2) is 4.98 Å². The Morgan fingerprint density at radius 1 is 1.50 bits per heavy atom. The molecular formula is C5H11N3O5P+. The predicted octanol–water partition coefficient (Wildman–Crippen LogP) is -1.15. The maximum atomic E-state index is 9.10. The molecule has 0 saturated carbocycles. The molecule has 14 heavy (non-hydrogen) atoms. The lowest BCUT2D eigenvalue weighted by Gasteiger charge is -2.08. The van der Waals surface area contributed by atoms with E-state index in [-0.39, 0.29) is 5.82 Å². The standard InChI is InChI=1S/C5H9N3O2.HO3P/c1-3(9)4(10)5-6-2-7-8-5;1-4(2)3/h2-4,9-10H,1H3,(H,6,7,8);(H-,1,2,3)/p+1. The van der Waals surface area contributed by atoms with Crippen molar-refractivity contribution in [3.8, 4) is 0 Å². The molecule has 2 atom stereocenters. The van der Waals surface area contributed by atoms with Crippen molar-refractivity contribution in [2.45, 2.75) is 19.1 Å². The maximum Gasteiger partial charge on any atom is 0.692 e. The van der Waals surface area contributed by atoms with Crippen molar-refractivity contribution in [3.05, 3.63) is 12.2 Å². The zero-order valence-electron chi connectivity index (χ0n) is 7.27. The summed E-state index contributed by atoms with van der Waals surface area (Å²) in [5, 5.41) is 23.9. The van der Waals surface area contributed by atoms with Crippen LogP contribution in [0.15, 0.2) is 6.33 Å². The Hall–Kier alpha value is -0.920. The highest BCUT2D eigenvalue weighted by molar-refractivity contribution is 7.30. The second-order valence-corrected chi connectivity index (χ2v) is 2.81. The summed E-state index contributed by atoms with van der Waals surface area (Å²) in [4.78, 5) is 17.9. The smallest absolute Gasteiger partial charge is 0.390 e. The quantitative estimate of drug-likeness (QED) is 0.399. The van der Waals surface area contributed by atoms with Crippen LogP contribution in [-0.4, -0.2) is 41.3 Å². The third kappa shape index (κ3) is 5.68. The van der Waals surface area contributed by atoms with Gasteiger partial charge in [0.05, 0.1) is 6.10 Å². The van der Waals surface area contributed by atoms with E-state index >= 15 is 0 Å². The average molecular weight is 224 g/mol. The first kappa shape index (κ1) is 13.1. The Kier molecular flexibility index (Phi) is 6.09. The number of hydrogen-bond acceptors (Lipinski definition) is 5. The topological polar surface area (TPSA) is 140 Å². The molecule has 2 unspecified atom stereocenters. The number of hydrogen-bond donors (Lipinski definition) is 5. The van der Waals surface area contributed by atoms with Crippen LogP contribution in [0, 0.1) is 0 Å². The third-order valence-electron chi connectivity index (χ3n) is 1.17. The Bertz CT molecular complexity index is 260. The van der Waals surface area contributed by atoms with Gasteiger partial charge in [0.15, 0.2) is 5.82 Å². The van der Waals surface area contributed by atoms with Gasteiger partial charge in [-0.1, -0.05) is 0 Å². The fourth-order valence-corrected chi connectivity index (χ4v) is 0.586. The number of aromatic amines is 1. The molecule has 0 fully saturated rings. The van der Waals surface area contributed by atoms with Gasteiger partial charge in [0, 0.05) is 4.57 Å². The van der Waals surface area contributed by atoms with Crippen LogP contribution < -0.4 is 0 Å². The summed E-state index contributed by atoms with van der Waals surface area (Å²) in [6.45, 7) is 1.48. The highest BCUT2D eigenvalue weighted by Gasteiger charge is 2.15. The first-order valence-corrected chi connectivity index (χ1v) is 4.68. The van der Waals surface area contributed by atoms with E-state index in [9.17, 15) is 0 Å². The van der Waals surface area contributed by atoms with Crippen LogP contribution in [-0.2, 0) is 4.57 Å². The molecule has 1 aromatic rings. The Morgan fingerprint density at radius 2 is 2.00 bits per heavy atom. The first-order chi connectivity index (χ1) is 6.45. The number of nitrogens with zero attached hydrogens (tertiary/aromatic N) is 2. The Morgan fingerprint density at radius 3 is 2.29 bits per heavy atom. The van der Waals surface area contributed by atoms with Gasteiger partial charge in [0.2, 0.25) is 0 Å². The van der Waals surface area contributed by atoms with Crippen molar-refractivity contribution in [2.24, 2.45) is 0 Å². The first-order valence-electron chi connectivity index (χ1n) is 3.51. The van der Waals surface area contributed by atoms with Crippen LogP contribution >= 0.6 is 8.25 Å². The molecule has 1 heterocycles. The second-order valence-electron chi connectivity index (χ2n) is 2.31. The molecule has 0 radical (unpaired) electrons. The van der Waals surface area contributed by atoms with Crippen LogP contribution in [0.1, 0.15) is 18.9 Å². The molecule has 0 amide bonds. The molecule has 9 heteroatoms. The highest BCUT2D eigenvalue weighted by atomic mass is 31.1. The Labute approximate surface area is 80.2 Å². The molecule has 0 aliphatic rings. The van der Waals surface area contributed by atoms with E-state index in [1.165, 1.54) is 13.3 Å². The zero-order valence-corrected chi connectivity index (χ0v) is 8.17. The molecular weight excluding hydrogens is 213 g/mol. The molecule has 5 N–H and O–H groups in total. The highest BCUT2D eigenvalue weighted by Crippen LogP contribution is 2.09. The summed E-state index contributed by atoms with van der Waals surface area (Å²) in [5.41, 5.74) is 0. The lowest BCUT2D eigenvalue weighted by Crippen LogP contribution is -2.15. The molecule has 8 nitrogen and oxygen atoms in total. The monoisotopic (exact) mass is 224 g/mol. The molecule has 0 aromatic carbocycles. The number of H-pyrrole nitrogens is 1. The van der Waals surface area contributed by atoms with E-state index < -0.39 is 20.5 Å².